The third-order valence-electron chi connectivity index (χ3n) is 10.3. The minimum absolute atomic E-state index is 0.152. The molecule has 6 aromatic carbocycles. The maximum absolute atomic E-state index is 2.51. The predicted molar refractivity (Wildman–Crippen MR) is 199 cm³/mol. The van der Waals surface area contributed by atoms with E-state index in [-0.39, 0.29) is 11.5 Å². The van der Waals surface area contributed by atoms with Gasteiger partial charge < -0.3 is 9.47 Å². The van der Waals surface area contributed by atoms with Crippen molar-refractivity contribution in [1.29, 1.82) is 0 Å². The quantitative estimate of drug-likeness (QED) is 0.190. The lowest BCUT2D eigenvalue weighted by Gasteiger charge is -2.34. The largest absolute Gasteiger partial charge is 0.334 e. The van der Waals surface area contributed by atoms with Gasteiger partial charge in [-0.1, -0.05) is 129 Å². The van der Waals surface area contributed by atoms with Crippen LogP contribution in [0.25, 0.3) is 49.7 Å². The third-order valence-corrected chi connectivity index (χ3v) is 10.3. The van der Waals surface area contributed by atoms with Gasteiger partial charge in [0.1, 0.15) is 0 Å². The van der Waals surface area contributed by atoms with Crippen LogP contribution < -0.4 is 4.90 Å². The molecule has 2 heteroatoms. The van der Waals surface area contributed by atoms with E-state index in [1.54, 1.807) is 0 Å². The monoisotopic (exact) mass is 604 g/mol. The number of anilines is 2. The van der Waals surface area contributed by atoms with E-state index in [0.717, 1.165) is 6.42 Å². The number of para-hydroxylation sites is 2. The number of rotatable bonds is 5. The van der Waals surface area contributed by atoms with Crippen LogP contribution in [0.4, 0.5) is 11.4 Å². The van der Waals surface area contributed by atoms with Crippen molar-refractivity contribution in [1.82, 2.24) is 4.57 Å². The standard InChI is InChI=1S/C45H36N2/c1-45(2)41-29-35(46(33-15-7-4-8-16-33)34-23-21-32(22-24-34)31-13-5-3-6-14-31)25-27-37(41)38-28-26-36(30-42(38)45)47-43-19-11-9-17-39(43)40-18-10-12-20-44(40)47/h3-15,17-30,33H,16H2,1-2H3. The number of hydrogen-bond donors (Lipinski definition) is 0. The van der Waals surface area contributed by atoms with Gasteiger partial charge in [-0.25, -0.2) is 0 Å². The summed E-state index contributed by atoms with van der Waals surface area (Å²) in [5, 5.41) is 2.58. The number of hydrogen-bond acceptors (Lipinski definition) is 1. The molecule has 226 valence electrons. The summed E-state index contributed by atoms with van der Waals surface area (Å²) in [6.45, 7) is 4.78. The highest BCUT2D eigenvalue weighted by Crippen LogP contribution is 2.51. The van der Waals surface area contributed by atoms with Gasteiger partial charge in [0.25, 0.3) is 0 Å². The summed E-state index contributed by atoms with van der Waals surface area (Å²) in [4.78, 5) is 2.51. The van der Waals surface area contributed by atoms with Gasteiger partial charge in [0.2, 0.25) is 0 Å². The van der Waals surface area contributed by atoms with E-state index in [1.165, 1.54) is 72.2 Å². The van der Waals surface area contributed by atoms with Crippen LogP contribution in [0.3, 0.4) is 0 Å². The minimum atomic E-state index is -0.152. The Bertz CT molecular complexity index is 2300. The molecule has 2 aliphatic rings. The summed E-state index contributed by atoms with van der Waals surface area (Å²) in [5.41, 5.74) is 13.9. The number of benzene rings is 6. The first kappa shape index (κ1) is 27.7. The molecule has 0 fully saturated rings. The van der Waals surface area contributed by atoms with Crippen molar-refractivity contribution in [3.63, 3.8) is 0 Å². The SMILES string of the molecule is CC1(C)c2cc(N(c3ccc(-c4ccccc4)cc3)C3C=CC=CC3)ccc2-c2ccc(-n3c4ccccc4c4ccccc43)cc21. The Morgan fingerprint density at radius 3 is 1.85 bits per heavy atom. The van der Waals surface area contributed by atoms with E-state index in [9.17, 15) is 0 Å². The molecule has 0 aliphatic heterocycles. The molecule has 0 radical (unpaired) electrons. The summed E-state index contributed by atoms with van der Waals surface area (Å²) >= 11 is 0. The molecule has 0 amide bonds. The fourth-order valence-electron chi connectivity index (χ4n) is 7.94. The molecule has 7 aromatic rings. The molecule has 2 aliphatic carbocycles. The second-order valence-electron chi connectivity index (χ2n) is 13.4. The highest BCUT2D eigenvalue weighted by Gasteiger charge is 2.37. The van der Waals surface area contributed by atoms with E-state index in [0.29, 0.717) is 0 Å². The van der Waals surface area contributed by atoms with E-state index < -0.39 is 0 Å². The molecule has 0 saturated heterocycles. The van der Waals surface area contributed by atoms with Gasteiger partial charge in [-0.05, 0) is 88.3 Å². The summed E-state index contributed by atoms with van der Waals surface area (Å²) in [7, 11) is 0. The molecule has 2 nitrogen and oxygen atoms in total. The van der Waals surface area contributed by atoms with Crippen LogP contribution in [0.2, 0.25) is 0 Å². The first-order valence-corrected chi connectivity index (χ1v) is 16.6. The van der Waals surface area contributed by atoms with Gasteiger partial charge in [0.05, 0.1) is 17.1 Å². The van der Waals surface area contributed by atoms with Crippen molar-refractivity contribution in [3.05, 3.63) is 175 Å². The van der Waals surface area contributed by atoms with Crippen LogP contribution in [-0.4, -0.2) is 10.6 Å². The van der Waals surface area contributed by atoms with Crippen molar-refractivity contribution in [2.75, 3.05) is 4.90 Å². The molecule has 0 saturated carbocycles. The smallest absolute Gasteiger partial charge is 0.0559 e. The van der Waals surface area contributed by atoms with Crippen LogP contribution in [0.1, 0.15) is 31.4 Å². The van der Waals surface area contributed by atoms with Gasteiger partial charge in [0.15, 0.2) is 0 Å². The summed E-state index contributed by atoms with van der Waals surface area (Å²) in [6.07, 6.45) is 9.92. The van der Waals surface area contributed by atoms with E-state index >= 15 is 0 Å². The molecule has 9 rings (SSSR count). The maximum Gasteiger partial charge on any atom is 0.0559 e. The molecular formula is C45H36N2. The molecule has 1 heterocycles. The normalized spacial score (nSPS) is 16.0. The number of allylic oxidation sites excluding steroid dienone is 2. The first-order chi connectivity index (χ1) is 23.1. The van der Waals surface area contributed by atoms with Crippen molar-refractivity contribution in [2.45, 2.75) is 31.7 Å². The zero-order valence-corrected chi connectivity index (χ0v) is 26.8. The molecule has 0 spiro atoms. The number of nitrogens with zero attached hydrogens (tertiary/aromatic N) is 2. The van der Waals surface area contributed by atoms with Crippen molar-refractivity contribution >= 4 is 33.2 Å². The summed E-state index contributed by atoms with van der Waals surface area (Å²) < 4.78 is 2.43. The van der Waals surface area contributed by atoms with Gasteiger partial charge in [-0.2, -0.15) is 0 Å². The van der Waals surface area contributed by atoms with Gasteiger partial charge in [0, 0.05) is 33.2 Å². The predicted octanol–water partition coefficient (Wildman–Crippen LogP) is 11.8. The van der Waals surface area contributed by atoms with Crippen molar-refractivity contribution < 1.29 is 0 Å². The van der Waals surface area contributed by atoms with E-state index in [4.69, 9.17) is 0 Å². The summed E-state index contributed by atoms with van der Waals surface area (Å²) in [6, 6.07) is 51.7. The highest BCUT2D eigenvalue weighted by molar-refractivity contribution is 6.09. The molecule has 1 unspecified atom stereocenters. The van der Waals surface area contributed by atoms with Crippen LogP contribution in [0.15, 0.2) is 164 Å². The van der Waals surface area contributed by atoms with Crippen LogP contribution in [-0.2, 0) is 5.41 Å². The Balaban J connectivity index is 1.14. The number of fused-ring (bicyclic) bond motifs is 6. The average Bonchev–Trinajstić information content (AvgIpc) is 3.58. The van der Waals surface area contributed by atoms with E-state index in [1.807, 2.05) is 0 Å². The van der Waals surface area contributed by atoms with Crippen LogP contribution in [0.5, 0.6) is 0 Å². The highest BCUT2D eigenvalue weighted by atomic mass is 15.2. The molecule has 1 aromatic heterocycles. The van der Waals surface area contributed by atoms with Crippen LogP contribution in [0, 0.1) is 0 Å². The second-order valence-corrected chi connectivity index (χ2v) is 13.4. The Hall–Kier alpha value is -5.60. The molecule has 1 atom stereocenters. The second kappa shape index (κ2) is 10.7. The number of aromatic nitrogens is 1. The molecule has 0 N–H and O–H groups in total. The van der Waals surface area contributed by atoms with Gasteiger partial charge in [-0.15, -0.1) is 0 Å². The zero-order valence-electron chi connectivity index (χ0n) is 26.8. The van der Waals surface area contributed by atoms with Gasteiger partial charge in [-0.3, -0.25) is 0 Å². The summed E-state index contributed by atoms with van der Waals surface area (Å²) in [5.74, 6) is 0. The lowest BCUT2D eigenvalue weighted by atomic mass is 9.82. The maximum atomic E-state index is 2.51. The van der Waals surface area contributed by atoms with E-state index in [2.05, 4.69) is 187 Å². The lowest BCUT2D eigenvalue weighted by molar-refractivity contribution is 0.659. The Labute approximate surface area is 276 Å². The Morgan fingerprint density at radius 2 is 1.17 bits per heavy atom. The van der Waals surface area contributed by atoms with Crippen molar-refractivity contribution in [3.8, 4) is 27.9 Å². The third kappa shape index (κ3) is 4.40. The fourth-order valence-corrected chi connectivity index (χ4v) is 7.94. The first-order valence-electron chi connectivity index (χ1n) is 16.6. The molecular weight excluding hydrogens is 569 g/mol. The Kier molecular flexibility index (Phi) is 6.33. The minimum Gasteiger partial charge on any atom is -0.334 e. The fraction of sp³-hybridized carbons (Fsp3) is 0.111. The van der Waals surface area contributed by atoms with Crippen molar-refractivity contribution in [2.24, 2.45) is 0 Å². The average molecular weight is 605 g/mol. The zero-order chi connectivity index (χ0) is 31.5. The molecule has 0 bridgehead atoms. The lowest BCUT2D eigenvalue weighted by Crippen LogP contribution is -2.30. The topological polar surface area (TPSA) is 8.17 Å². The Morgan fingerprint density at radius 1 is 0.574 bits per heavy atom. The van der Waals surface area contributed by atoms with Gasteiger partial charge >= 0.3 is 0 Å². The van der Waals surface area contributed by atoms with Crippen LogP contribution >= 0.6 is 0 Å². The molecule has 47 heavy (non-hydrogen) atoms.